The fraction of sp³-hybridized carbons (Fsp3) is 0.700. The fourth-order valence-electron chi connectivity index (χ4n) is 3.52. The molecule has 1 amide bonds. The van der Waals surface area contributed by atoms with E-state index in [0.717, 1.165) is 36.8 Å². The Morgan fingerprint density at radius 1 is 1.06 bits per heavy atom. The molecule has 3 rings (SSSR count). The number of aromatic nitrogens is 1. The molecular weight excluding hydrogens is 436 g/mol. The highest BCUT2D eigenvalue weighted by Crippen LogP contribution is 2.27. The van der Waals surface area contributed by atoms with Gasteiger partial charge in [0.15, 0.2) is 0 Å². The number of cyclic esters (lactones) is 1. The molecule has 2 aliphatic rings. The van der Waals surface area contributed by atoms with Crippen molar-refractivity contribution in [2.45, 2.75) is 114 Å². The normalized spacial score (nSPS) is 14.7. The van der Waals surface area contributed by atoms with Gasteiger partial charge in [-0.05, 0) is 50.2 Å². The largest absolute Gasteiger partial charge is 0.456 e. The van der Waals surface area contributed by atoms with Crippen molar-refractivity contribution in [3.8, 4) is 0 Å². The number of carbonyl (C=O) groups is 2. The molecule has 1 fully saturated rings. The Morgan fingerprint density at radius 2 is 1.63 bits per heavy atom. The number of amides is 1. The molecule has 0 aromatic carbocycles. The van der Waals surface area contributed by atoms with Crippen LogP contribution in [0.3, 0.4) is 0 Å². The summed E-state index contributed by atoms with van der Waals surface area (Å²) in [5, 5.41) is 0. The number of rotatable bonds is 6. The number of esters is 1. The molecule has 202 valence electrons. The Hall–Kier alpha value is -2.17. The molecule has 2 heterocycles. The van der Waals surface area contributed by atoms with Crippen LogP contribution in [0.1, 0.15) is 112 Å². The number of aryl methyl sites for hydroxylation is 2. The first-order valence-electron chi connectivity index (χ1n) is 13.8. The Morgan fingerprint density at radius 3 is 2.03 bits per heavy atom. The van der Waals surface area contributed by atoms with Crippen LogP contribution in [0, 0.1) is 18.8 Å². The summed E-state index contributed by atoms with van der Waals surface area (Å²) in [7, 11) is 0. The van der Waals surface area contributed by atoms with E-state index in [1.54, 1.807) is 11.8 Å². The smallest absolute Gasteiger partial charge is 0.336 e. The van der Waals surface area contributed by atoms with Gasteiger partial charge in [-0.15, -0.1) is 0 Å². The summed E-state index contributed by atoms with van der Waals surface area (Å²) < 4.78 is 4.94. The first kappa shape index (κ1) is 35.0. The van der Waals surface area contributed by atoms with Crippen molar-refractivity contribution >= 4 is 12.4 Å². The third kappa shape index (κ3) is 16.2. The van der Waals surface area contributed by atoms with Crippen LogP contribution in [0.15, 0.2) is 29.6 Å². The number of carbonyl (C=O) groups excluding carboxylic acids is 2. The van der Waals surface area contributed by atoms with Crippen LogP contribution in [-0.4, -0.2) is 35.4 Å². The minimum atomic E-state index is -0.297. The van der Waals surface area contributed by atoms with Gasteiger partial charge in [0, 0.05) is 18.4 Å². The molecule has 1 aromatic rings. The molecule has 0 atom stereocenters. The summed E-state index contributed by atoms with van der Waals surface area (Å²) in [6, 6.07) is 4.15. The molecule has 0 radical (unpaired) electrons. The van der Waals surface area contributed by atoms with Gasteiger partial charge in [0.2, 0.25) is 6.41 Å². The van der Waals surface area contributed by atoms with Crippen molar-refractivity contribution in [3.05, 3.63) is 40.9 Å². The molecule has 0 unspecified atom stereocenters. The fourth-order valence-corrected chi connectivity index (χ4v) is 3.52. The summed E-state index contributed by atoms with van der Waals surface area (Å²) >= 11 is 0. The lowest BCUT2D eigenvalue weighted by atomic mass is 9.87. The van der Waals surface area contributed by atoms with Crippen LogP contribution in [0.2, 0.25) is 0 Å². The van der Waals surface area contributed by atoms with Gasteiger partial charge in [-0.2, -0.15) is 0 Å². The maximum atomic E-state index is 11.3. The van der Waals surface area contributed by atoms with E-state index in [0.29, 0.717) is 12.1 Å². The van der Waals surface area contributed by atoms with Gasteiger partial charge in [0.1, 0.15) is 6.61 Å². The van der Waals surface area contributed by atoms with Gasteiger partial charge >= 0.3 is 5.97 Å². The SMILES string of the molecule is CC.CC.CC(C)C.CC1=C(N(C=O)CCC2CCCCC2)COC1=O.CCc1ccc(C)cn1. The maximum Gasteiger partial charge on any atom is 0.336 e. The Balaban J connectivity index is 0. The van der Waals surface area contributed by atoms with Gasteiger partial charge in [-0.3, -0.25) is 9.78 Å². The van der Waals surface area contributed by atoms with Gasteiger partial charge in [0.25, 0.3) is 0 Å². The van der Waals surface area contributed by atoms with Crippen LogP contribution in [0.5, 0.6) is 0 Å². The Bertz CT molecular complexity index is 687. The molecule has 5 heteroatoms. The van der Waals surface area contributed by atoms with E-state index in [1.165, 1.54) is 43.4 Å². The summed E-state index contributed by atoms with van der Waals surface area (Å²) in [5.74, 6) is 1.27. The molecule has 0 N–H and O–H groups in total. The van der Waals surface area contributed by atoms with Crippen molar-refractivity contribution in [2.75, 3.05) is 13.2 Å². The molecule has 1 aromatic heterocycles. The lowest BCUT2D eigenvalue weighted by molar-refractivity contribution is -0.136. The van der Waals surface area contributed by atoms with Crippen molar-refractivity contribution in [1.82, 2.24) is 9.88 Å². The molecule has 5 nitrogen and oxygen atoms in total. The second-order valence-electron chi connectivity index (χ2n) is 9.15. The average Bonchev–Trinajstić information content (AvgIpc) is 3.21. The summed E-state index contributed by atoms with van der Waals surface area (Å²) in [5.41, 5.74) is 3.71. The highest BCUT2D eigenvalue weighted by molar-refractivity contribution is 5.91. The minimum absolute atomic E-state index is 0.244. The van der Waals surface area contributed by atoms with E-state index >= 15 is 0 Å². The Kier molecular flexibility index (Phi) is 22.3. The van der Waals surface area contributed by atoms with Crippen molar-refractivity contribution in [1.29, 1.82) is 0 Å². The van der Waals surface area contributed by atoms with Crippen LogP contribution in [0.25, 0.3) is 0 Å². The quantitative estimate of drug-likeness (QED) is 0.300. The monoisotopic (exact) mass is 490 g/mol. The van der Waals surface area contributed by atoms with Crippen LogP contribution < -0.4 is 0 Å². The lowest BCUT2D eigenvalue weighted by Gasteiger charge is -2.25. The molecule has 1 aliphatic carbocycles. The summed E-state index contributed by atoms with van der Waals surface area (Å²) in [6.45, 7) is 21.3. The number of pyridine rings is 1. The zero-order valence-corrected chi connectivity index (χ0v) is 24.4. The van der Waals surface area contributed by atoms with Gasteiger partial charge in [-0.1, -0.05) is 93.6 Å². The highest BCUT2D eigenvalue weighted by Gasteiger charge is 2.25. The molecule has 0 spiro atoms. The van der Waals surface area contributed by atoms with E-state index in [4.69, 9.17) is 4.74 Å². The molecule has 1 saturated carbocycles. The van der Waals surface area contributed by atoms with Crippen molar-refractivity contribution < 1.29 is 14.3 Å². The van der Waals surface area contributed by atoms with E-state index in [2.05, 4.69) is 44.8 Å². The predicted octanol–water partition coefficient (Wildman–Crippen LogP) is 7.91. The third-order valence-electron chi connectivity index (χ3n) is 5.39. The zero-order chi connectivity index (χ0) is 27.2. The lowest BCUT2D eigenvalue weighted by Crippen LogP contribution is -2.26. The molecule has 0 bridgehead atoms. The standard InChI is InChI=1S/C14H21NO3.C8H11N.C4H10.2C2H6/c1-11-13(9-18-14(11)17)15(10-16)8-7-12-5-3-2-4-6-12;1-3-8-5-4-7(2)6-9-8;1-4(2)3;2*1-2/h10,12H,2-9H2,1H3;4-6H,3H2,1-2H3;4H,1-3H3;2*1-2H3. The number of nitrogens with zero attached hydrogens (tertiary/aromatic N) is 2. The zero-order valence-electron chi connectivity index (χ0n) is 24.4. The first-order chi connectivity index (χ1) is 16.8. The van der Waals surface area contributed by atoms with E-state index in [1.807, 2.05) is 40.8 Å². The van der Waals surface area contributed by atoms with Crippen molar-refractivity contribution in [3.63, 3.8) is 0 Å². The number of hydrogen-bond donors (Lipinski definition) is 0. The molecular formula is C30H54N2O3. The Labute approximate surface area is 216 Å². The molecule has 1 aliphatic heterocycles. The number of ether oxygens (including phenoxy) is 1. The van der Waals surface area contributed by atoms with Crippen molar-refractivity contribution in [2.24, 2.45) is 11.8 Å². The topological polar surface area (TPSA) is 59.5 Å². The third-order valence-corrected chi connectivity index (χ3v) is 5.39. The average molecular weight is 491 g/mol. The predicted molar refractivity (Wildman–Crippen MR) is 149 cm³/mol. The molecule has 35 heavy (non-hydrogen) atoms. The first-order valence-corrected chi connectivity index (χ1v) is 13.8. The highest BCUT2D eigenvalue weighted by atomic mass is 16.5. The molecule has 0 saturated heterocycles. The second-order valence-corrected chi connectivity index (χ2v) is 9.15. The van der Waals surface area contributed by atoms with Crippen LogP contribution >= 0.6 is 0 Å². The van der Waals surface area contributed by atoms with Gasteiger partial charge < -0.3 is 9.64 Å². The van der Waals surface area contributed by atoms with Crippen LogP contribution in [-0.2, 0) is 20.7 Å². The van der Waals surface area contributed by atoms with Gasteiger partial charge in [-0.25, -0.2) is 4.79 Å². The summed E-state index contributed by atoms with van der Waals surface area (Å²) in [4.78, 5) is 28.3. The van der Waals surface area contributed by atoms with E-state index < -0.39 is 0 Å². The second kappa shape index (κ2) is 22.3. The van der Waals surface area contributed by atoms with E-state index in [-0.39, 0.29) is 12.6 Å². The van der Waals surface area contributed by atoms with E-state index in [9.17, 15) is 9.59 Å². The maximum absolute atomic E-state index is 11.3. The number of hydrogen-bond acceptors (Lipinski definition) is 4. The van der Waals surface area contributed by atoms with Gasteiger partial charge in [0.05, 0.1) is 11.3 Å². The minimum Gasteiger partial charge on any atom is -0.456 e. The summed E-state index contributed by atoms with van der Waals surface area (Å²) in [6.07, 6.45) is 11.3. The van der Waals surface area contributed by atoms with Crippen LogP contribution in [0.4, 0.5) is 0 Å².